The van der Waals surface area contributed by atoms with Gasteiger partial charge in [-0.05, 0) is 60.7 Å². The number of benzene rings is 3. The lowest BCUT2D eigenvalue weighted by Crippen LogP contribution is -2.24. The average Bonchev–Trinajstić information content (AvgIpc) is 2.81. The van der Waals surface area contributed by atoms with E-state index in [1.54, 1.807) is 60.7 Å². The van der Waals surface area contributed by atoms with E-state index in [1.165, 1.54) is 28.6 Å². The van der Waals surface area contributed by atoms with E-state index in [1.807, 2.05) is 12.1 Å². The lowest BCUT2D eigenvalue weighted by Gasteiger charge is -2.09. The Bertz CT molecular complexity index is 1310. The number of hydrogen-bond acceptors (Lipinski definition) is 4. The van der Waals surface area contributed by atoms with Crippen LogP contribution in [0.15, 0.2) is 99.6 Å². The summed E-state index contributed by atoms with van der Waals surface area (Å²) in [4.78, 5) is 25.7. The highest BCUT2D eigenvalue weighted by atomic mass is 35.5. The van der Waals surface area contributed by atoms with Crippen molar-refractivity contribution in [1.29, 1.82) is 0 Å². The first-order valence-corrected chi connectivity index (χ1v) is 10.8. The number of nitrogens with zero attached hydrogens (tertiary/aromatic N) is 2. The summed E-state index contributed by atoms with van der Waals surface area (Å²) in [5.74, 6) is -0.711. The quantitative estimate of drug-likeness (QED) is 0.430. The van der Waals surface area contributed by atoms with E-state index in [0.717, 1.165) is 4.90 Å². The minimum Gasteiger partial charge on any atom is -0.348 e. The smallest absolute Gasteiger partial charge is 0.271 e. The normalized spacial score (nSPS) is 10.7. The fourth-order valence-electron chi connectivity index (χ4n) is 2.93. The standard InChI is InChI=1S/C24H17ClFN3O2S/c25-18-7-11-20(12-8-18)32-22-13-14-23(30)29(28-22)19-9-5-16(6-10-19)24(31)27-15-17-3-1-2-4-21(17)26/h1-14H,15H2,(H,27,31). The third-order valence-electron chi connectivity index (χ3n) is 4.58. The van der Waals surface area contributed by atoms with Gasteiger partial charge in [0.15, 0.2) is 0 Å². The maximum absolute atomic E-state index is 13.7. The van der Waals surface area contributed by atoms with Crippen LogP contribution >= 0.6 is 23.4 Å². The number of amides is 1. The van der Waals surface area contributed by atoms with Gasteiger partial charge in [-0.2, -0.15) is 9.78 Å². The second-order valence-corrected chi connectivity index (χ2v) is 8.33. The Hall–Kier alpha value is -3.42. The van der Waals surface area contributed by atoms with E-state index in [9.17, 15) is 14.0 Å². The lowest BCUT2D eigenvalue weighted by atomic mass is 10.1. The van der Waals surface area contributed by atoms with Gasteiger partial charge < -0.3 is 5.32 Å². The maximum Gasteiger partial charge on any atom is 0.271 e. The molecule has 0 bridgehead atoms. The second kappa shape index (κ2) is 9.80. The summed E-state index contributed by atoms with van der Waals surface area (Å²) in [5.41, 5.74) is 1.04. The number of carbonyl (C=O) groups is 1. The van der Waals surface area contributed by atoms with Crippen LogP contribution in [0.2, 0.25) is 5.02 Å². The molecule has 0 aliphatic rings. The molecule has 1 aromatic heterocycles. The highest BCUT2D eigenvalue weighted by Gasteiger charge is 2.09. The van der Waals surface area contributed by atoms with Gasteiger partial charge in [-0.25, -0.2) is 4.39 Å². The van der Waals surface area contributed by atoms with Crippen molar-refractivity contribution in [2.24, 2.45) is 0 Å². The Balaban J connectivity index is 1.48. The van der Waals surface area contributed by atoms with Gasteiger partial charge in [0.05, 0.1) is 5.69 Å². The summed E-state index contributed by atoms with van der Waals surface area (Å²) >= 11 is 7.32. The molecule has 160 valence electrons. The van der Waals surface area contributed by atoms with Crippen molar-refractivity contribution >= 4 is 29.3 Å². The van der Waals surface area contributed by atoms with Gasteiger partial charge in [-0.1, -0.05) is 41.6 Å². The SMILES string of the molecule is O=C(NCc1ccccc1F)c1ccc(-n2nc(Sc3ccc(Cl)cc3)ccc2=O)cc1. The zero-order valence-electron chi connectivity index (χ0n) is 16.7. The topological polar surface area (TPSA) is 64.0 Å². The van der Waals surface area contributed by atoms with E-state index in [-0.39, 0.29) is 23.8 Å². The molecule has 0 aliphatic carbocycles. The Labute approximate surface area is 192 Å². The van der Waals surface area contributed by atoms with Crippen molar-refractivity contribution < 1.29 is 9.18 Å². The van der Waals surface area contributed by atoms with Crippen molar-refractivity contribution in [3.63, 3.8) is 0 Å². The van der Waals surface area contributed by atoms with Crippen LogP contribution in [-0.4, -0.2) is 15.7 Å². The Kier molecular flexibility index (Phi) is 6.68. The first-order chi connectivity index (χ1) is 15.5. The molecule has 5 nitrogen and oxygen atoms in total. The van der Waals surface area contributed by atoms with Crippen LogP contribution < -0.4 is 10.9 Å². The molecule has 1 amide bonds. The summed E-state index contributed by atoms with van der Waals surface area (Å²) in [5, 5.41) is 8.39. The molecule has 0 aliphatic heterocycles. The van der Waals surface area contributed by atoms with Crippen LogP contribution in [-0.2, 0) is 6.54 Å². The lowest BCUT2D eigenvalue weighted by molar-refractivity contribution is 0.0950. The number of halogens is 2. The van der Waals surface area contributed by atoms with Crippen molar-refractivity contribution in [1.82, 2.24) is 15.1 Å². The van der Waals surface area contributed by atoms with E-state index in [2.05, 4.69) is 10.4 Å². The first-order valence-electron chi connectivity index (χ1n) is 9.65. The Morgan fingerprint density at radius 1 is 0.969 bits per heavy atom. The molecule has 0 fully saturated rings. The van der Waals surface area contributed by atoms with Gasteiger partial charge in [0.2, 0.25) is 0 Å². The molecule has 1 heterocycles. The molecule has 8 heteroatoms. The van der Waals surface area contributed by atoms with Crippen LogP contribution in [0.1, 0.15) is 15.9 Å². The van der Waals surface area contributed by atoms with Crippen molar-refractivity contribution in [2.45, 2.75) is 16.5 Å². The van der Waals surface area contributed by atoms with Crippen molar-refractivity contribution in [2.75, 3.05) is 0 Å². The monoisotopic (exact) mass is 465 g/mol. The minimum atomic E-state index is -0.370. The zero-order chi connectivity index (χ0) is 22.5. The van der Waals surface area contributed by atoms with Crippen molar-refractivity contribution in [3.8, 4) is 5.69 Å². The predicted molar refractivity (Wildman–Crippen MR) is 123 cm³/mol. The number of aromatic nitrogens is 2. The highest BCUT2D eigenvalue weighted by Crippen LogP contribution is 2.26. The van der Waals surface area contributed by atoms with E-state index in [0.29, 0.717) is 26.9 Å². The molecule has 0 saturated heterocycles. The predicted octanol–water partition coefficient (Wildman–Crippen LogP) is 5.11. The van der Waals surface area contributed by atoms with Crippen LogP contribution in [0.25, 0.3) is 5.69 Å². The molecular weight excluding hydrogens is 449 g/mol. The van der Waals surface area contributed by atoms with E-state index in [4.69, 9.17) is 11.6 Å². The molecule has 4 rings (SSSR count). The van der Waals surface area contributed by atoms with Gasteiger partial charge in [0, 0.05) is 33.7 Å². The second-order valence-electron chi connectivity index (χ2n) is 6.80. The van der Waals surface area contributed by atoms with Gasteiger partial charge >= 0.3 is 0 Å². The van der Waals surface area contributed by atoms with Gasteiger partial charge in [-0.15, -0.1) is 0 Å². The van der Waals surface area contributed by atoms with E-state index >= 15 is 0 Å². The van der Waals surface area contributed by atoms with Gasteiger partial charge in [0.25, 0.3) is 11.5 Å². The molecule has 3 aromatic carbocycles. The number of nitrogens with one attached hydrogen (secondary N) is 1. The van der Waals surface area contributed by atoms with E-state index < -0.39 is 0 Å². The Morgan fingerprint density at radius 2 is 1.69 bits per heavy atom. The summed E-state index contributed by atoms with van der Waals surface area (Å²) in [7, 11) is 0. The summed E-state index contributed by atoms with van der Waals surface area (Å²) in [6.45, 7) is 0.0816. The molecule has 0 saturated carbocycles. The fourth-order valence-corrected chi connectivity index (χ4v) is 3.83. The average molecular weight is 466 g/mol. The summed E-state index contributed by atoms with van der Waals surface area (Å²) in [6.07, 6.45) is 0. The van der Waals surface area contributed by atoms with Crippen LogP contribution in [0.4, 0.5) is 4.39 Å². The van der Waals surface area contributed by atoms with Crippen LogP contribution in [0.3, 0.4) is 0 Å². The van der Waals surface area contributed by atoms with Gasteiger partial charge in [0.1, 0.15) is 10.8 Å². The maximum atomic E-state index is 13.7. The number of carbonyl (C=O) groups excluding carboxylic acids is 1. The first kappa shape index (κ1) is 21.8. The molecule has 32 heavy (non-hydrogen) atoms. The molecule has 0 spiro atoms. The summed E-state index contributed by atoms with van der Waals surface area (Å²) < 4.78 is 15.0. The van der Waals surface area contributed by atoms with Gasteiger partial charge in [-0.3, -0.25) is 9.59 Å². The number of rotatable bonds is 6. The zero-order valence-corrected chi connectivity index (χ0v) is 18.2. The molecule has 1 N–H and O–H groups in total. The number of hydrogen-bond donors (Lipinski definition) is 1. The third-order valence-corrected chi connectivity index (χ3v) is 5.77. The summed E-state index contributed by atoms with van der Waals surface area (Å²) in [6, 6.07) is 23.2. The molecule has 0 unspecified atom stereocenters. The molecular formula is C24H17ClFN3O2S. The van der Waals surface area contributed by atoms with Crippen LogP contribution in [0.5, 0.6) is 0 Å². The highest BCUT2D eigenvalue weighted by molar-refractivity contribution is 7.99. The van der Waals surface area contributed by atoms with Crippen molar-refractivity contribution in [3.05, 3.63) is 117 Å². The largest absolute Gasteiger partial charge is 0.348 e. The molecule has 4 aromatic rings. The molecule has 0 atom stereocenters. The van der Waals surface area contributed by atoms with Crippen LogP contribution in [0, 0.1) is 5.82 Å². The third kappa shape index (κ3) is 5.25. The Morgan fingerprint density at radius 3 is 2.41 bits per heavy atom. The fraction of sp³-hybridized carbons (Fsp3) is 0.0417. The minimum absolute atomic E-state index is 0.0816. The molecule has 0 radical (unpaired) electrons.